The molecule has 94 valence electrons. The number of aromatic nitrogens is 1. The first-order valence-electron chi connectivity index (χ1n) is 5.73. The number of nitrogens with zero attached hydrogens (tertiary/aromatic N) is 2. The summed E-state index contributed by atoms with van der Waals surface area (Å²) in [6.07, 6.45) is 2.45. The Bertz CT molecular complexity index is 351. The first-order chi connectivity index (χ1) is 8.19. The molecule has 0 radical (unpaired) electrons. The summed E-state index contributed by atoms with van der Waals surface area (Å²) in [5.41, 5.74) is 5.92. The van der Waals surface area contributed by atoms with Gasteiger partial charge in [0.15, 0.2) is 0 Å². The number of pyridine rings is 1. The van der Waals surface area contributed by atoms with Gasteiger partial charge in [0.2, 0.25) is 0 Å². The average molecular weight is 237 g/mol. The highest BCUT2D eigenvalue weighted by atomic mass is 16.5. The van der Waals surface area contributed by atoms with Crippen molar-refractivity contribution in [2.75, 3.05) is 31.6 Å². The van der Waals surface area contributed by atoms with E-state index in [0.29, 0.717) is 18.7 Å². The van der Waals surface area contributed by atoms with Gasteiger partial charge in [0.25, 0.3) is 0 Å². The molecule has 0 amide bonds. The fourth-order valence-corrected chi connectivity index (χ4v) is 1.39. The Kier molecular flexibility index (Phi) is 5.42. The van der Waals surface area contributed by atoms with Crippen LogP contribution in [0, 0.1) is 0 Å². The fraction of sp³-hybridized carbons (Fsp3) is 0.500. The summed E-state index contributed by atoms with van der Waals surface area (Å²) in [6.45, 7) is 3.66. The van der Waals surface area contributed by atoms with Crippen molar-refractivity contribution in [2.24, 2.45) is 5.73 Å². The van der Waals surface area contributed by atoms with E-state index in [1.54, 1.807) is 13.0 Å². The van der Waals surface area contributed by atoms with Gasteiger partial charge < -0.3 is 15.4 Å². The number of anilines is 1. The Balaban J connectivity index is 2.64. The van der Waals surface area contributed by atoms with Crippen LogP contribution in [-0.4, -0.2) is 37.7 Å². The van der Waals surface area contributed by atoms with Crippen molar-refractivity contribution in [3.63, 3.8) is 0 Å². The quantitative estimate of drug-likeness (QED) is 0.749. The third kappa shape index (κ3) is 4.03. The van der Waals surface area contributed by atoms with Crippen LogP contribution < -0.4 is 10.6 Å². The van der Waals surface area contributed by atoms with Crippen molar-refractivity contribution < 1.29 is 9.53 Å². The highest BCUT2D eigenvalue weighted by Gasteiger charge is 2.08. The molecular weight excluding hydrogens is 218 g/mol. The third-order valence-corrected chi connectivity index (χ3v) is 2.35. The molecule has 0 atom stereocenters. The summed E-state index contributed by atoms with van der Waals surface area (Å²) in [5, 5.41) is 0. The first-order valence-corrected chi connectivity index (χ1v) is 5.73. The summed E-state index contributed by atoms with van der Waals surface area (Å²) < 4.78 is 4.88. The lowest BCUT2D eigenvalue weighted by Crippen LogP contribution is -2.22. The molecule has 5 heteroatoms. The van der Waals surface area contributed by atoms with E-state index in [-0.39, 0.29) is 5.97 Å². The van der Waals surface area contributed by atoms with Crippen LogP contribution in [0.3, 0.4) is 0 Å². The predicted octanol–water partition coefficient (Wildman–Crippen LogP) is 1.04. The standard InChI is InChI=1S/C12H19N3O2/c1-3-17-12(16)10-5-6-11(14-9-10)15(2)8-4-7-13/h5-6,9H,3-4,7-8,13H2,1-2H3. The Labute approximate surface area is 102 Å². The molecule has 0 aliphatic rings. The molecule has 0 spiro atoms. The average Bonchev–Trinajstić information content (AvgIpc) is 2.36. The summed E-state index contributed by atoms with van der Waals surface area (Å²) in [7, 11) is 1.95. The molecule has 0 aliphatic carbocycles. The molecule has 2 N–H and O–H groups in total. The summed E-state index contributed by atoms with van der Waals surface area (Å²) in [6, 6.07) is 3.53. The second-order valence-corrected chi connectivity index (χ2v) is 3.69. The fourth-order valence-electron chi connectivity index (χ4n) is 1.39. The zero-order valence-corrected chi connectivity index (χ0v) is 10.3. The SMILES string of the molecule is CCOC(=O)c1ccc(N(C)CCCN)nc1. The van der Waals surface area contributed by atoms with E-state index >= 15 is 0 Å². The highest BCUT2D eigenvalue weighted by molar-refractivity contribution is 5.89. The first kappa shape index (κ1) is 13.4. The minimum atomic E-state index is -0.337. The van der Waals surface area contributed by atoms with Crippen LogP contribution in [0.25, 0.3) is 0 Å². The largest absolute Gasteiger partial charge is 0.462 e. The summed E-state index contributed by atoms with van der Waals surface area (Å²) >= 11 is 0. The van der Waals surface area contributed by atoms with Gasteiger partial charge in [0.05, 0.1) is 12.2 Å². The van der Waals surface area contributed by atoms with E-state index in [1.165, 1.54) is 6.20 Å². The predicted molar refractivity (Wildman–Crippen MR) is 67.1 cm³/mol. The van der Waals surface area contributed by atoms with E-state index in [9.17, 15) is 4.79 Å². The summed E-state index contributed by atoms with van der Waals surface area (Å²) in [5.74, 6) is 0.489. The zero-order chi connectivity index (χ0) is 12.7. The normalized spacial score (nSPS) is 10.1. The van der Waals surface area contributed by atoms with Gasteiger partial charge in [-0.3, -0.25) is 0 Å². The molecule has 1 heterocycles. The van der Waals surface area contributed by atoms with Gasteiger partial charge in [-0.15, -0.1) is 0 Å². The van der Waals surface area contributed by atoms with Gasteiger partial charge in [-0.1, -0.05) is 0 Å². The molecule has 1 aromatic rings. The molecule has 0 aromatic carbocycles. The second-order valence-electron chi connectivity index (χ2n) is 3.69. The van der Waals surface area contributed by atoms with Crippen molar-refractivity contribution in [3.8, 4) is 0 Å². The van der Waals surface area contributed by atoms with Crippen molar-refractivity contribution in [1.82, 2.24) is 4.98 Å². The molecule has 0 saturated carbocycles. The Hall–Kier alpha value is -1.62. The van der Waals surface area contributed by atoms with Crippen molar-refractivity contribution in [1.29, 1.82) is 0 Å². The highest BCUT2D eigenvalue weighted by Crippen LogP contribution is 2.10. The van der Waals surface area contributed by atoms with Crippen molar-refractivity contribution >= 4 is 11.8 Å². The number of esters is 1. The maximum atomic E-state index is 11.4. The smallest absolute Gasteiger partial charge is 0.339 e. The maximum absolute atomic E-state index is 11.4. The molecule has 0 saturated heterocycles. The number of ether oxygens (including phenoxy) is 1. The van der Waals surface area contributed by atoms with Crippen LogP contribution in [0.1, 0.15) is 23.7 Å². The Morgan fingerprint density at radius 3 is 2.82 bits per heavy atom. The number of hydrogen-bond donors (Lipinski definition) is 1. The van der Waals surface area contributed by atoms with Gasteiger partial charge in [0, 0.05) is 19.8 Å². The van der Waals surface area contributed by atoms with E-state index in [1.807, 2.05) is 18.0 Å². The maximum Gasteiger partial charge on any atom is 0.339 e. The topological polar surface area (TPSA) is 68.5 Å². The third-order valence-electron chi connectivity index (χ3n) is 2.35. The second kappa shape index (κ2) is 6.85. The van der Waals surface area contributed by atoms with Gasteiger partial charge in [0.1, 0.15) is 5.82 Å². The van der Waals surface area contributed by atoms with Crippen LogP contribution >= 0.6 is 0 Å². The molecule has 5 nitrogen and oxygen atoms in total. The molecule has 17 heavy (non-hydrogen) atoms. The minimum Gasteiger partial charge on any atom is -0.462 e. The lowest BCUT2D eigenvalue weighted by atomic mass is 10.3. The minimum absolute atomic E-state index is 0.337. The Morgan fingerprint density at radius 2 is 2.29 bits per heavy atom. The van der Waals surface area contributed by atoms with Crippen LogP contribution in [0.4, 0.5) is 5.82 Å². The lowest BCUT2D eigenvalue weighted by molar-refractivity contribution is 0.0526. The lowest BCUT2D eigenvalue weighted by Gasteiger charge is -2.17. The Morgan fingerprint density at radius 1 is 1.53 bits per heavy atom. The van der Waals surface area contributed by atoms with Gasteiger partial charge in [-0.2, -0.15) is 0 Å². The van der Waals surface area contributed by atoms with Crippen LogP contribution in [-0.2, 0) is 4.74 Å². The van der Waals surface area contributed by atoms with E-state index in [4.69, 9.17) is 10.5 Å². The molecule has 0 unspecified atom stereocenters. The molecule has 0 aliphatic heterocycles. The number of rotatable bonds is 6. The number of hydrogen-bond acceptors (Lipinski definition) is 5. The zero-order valence-electron chi connectivity index (χ0n) is 10.3. The van der Waals surface area contributed by atoms with Crippen LogP contribution in [0.2, 0.25) is 0 Å². The van der Waals surface area contributed by atoms with E-state index in [0.717, 1.165) is 18.8 Å². The monoisotopic (exact) mass is 237 g/mol. The van der Waals surface area contributed by atoms with Crippen LogP contribution in [0.5, 0.6) is 0 Å². The van der Waals surface area contributed by atoms with Gasteiger partial charge >= 0.3 is 5.97 Å². The molecule has 1 rings (SSSR count). The van der Waals surface area contributed by atoms with Gasteiger partial charge in [-0.05, 0) is 32.0 Å². The molecule has 0 bridgehead atoms. The van der Waals surface area contributed by atoms with Crippen molar-refractivity contribution in [3.05, 3.63) is 23.9 Å². The van der Waals surface area contributed by atoms with E-state index in [2.05, 4.69) is 4.98 Å². The van der Waals surface area contributed by atoms with Gasteiger partial charge in [-0.25, -0.2) is 9.78 Å². The number of nitrogens with two attached hydrogens (primary N) is 1. The number of carbonyl (C=O) groups is 1. The number of carbonyl (C=O) groups excluding carboxylic acids is 1. The van der Waals surface area contributed by atoms with Crippen molar-refractivity contribution in [2.45, 2.75) is 13.3 Å². The molecule has 1 aromatic heterocycles. The molecule has 0 fully saturated rings. The van der Waals surface area contributed by atoms with Crippen LogP contribution in [0.15, 0.2) is 18.3 Å². The van der Waals surface area contributed by atoms with E-state index < -0.39 is 0 Å². The molecular formula is C12H19N3O2. The summed E-state index contributed by atoms with van der Waals surface area (Å²) in [4.78, 5) is 17.6.